The van der Waals surface area contributed by atoms with Crippen LogP contribution < -0.4 is 14.8 Å². The standard InChI is InChI=1S/C19H19F2NO5/c1-2-26-16-9-4-3-8-15(16)19(20,21)18(25)22-11-13-6-5-7-14(10-13)27-12-17(23)24/h3-10H,2,11-12H2,1H3,(H,22,25)(H,23,24). The van der Waals surface area contributed by atoms with Gasteiger partial charge in [0.15, 0.2) is 6.61 Å². The SMILES string of the molecule is CCOc1ccccc1C(F)(F)C(=O)NCc1cccc(OCC(=O)O)c1. The third-order valence-corrected chi connectivity index (χ3v) is 3.52. The number of carbonyl (C=O) groups is 2. The van der Waals surface area contributed by atoms with Gasteiger partial charge in [-0.25, -0.2) is 4.79 Å². The van der Waals surface area contributed by atoms with Gasteiger partial charge in [-0.1, -0.05) is 24.3 Å². The van der Waals surface area contributed by atoms with E-state index in [0.29, 0.717) is 5.56 Å². The summed E-state index contributed by atoms with van der Waals surface area (Å²) in [6.45, 7) is 1.16. The Balaban J connectivity index is 2.06. The molecule has 6 nitrogen and oxygen atoms in total. The molecule has 0 bridgehead atoms. The molecule has 0 saturated carbocycles. The molecule has 2 rings (SSSR count). The van der Waals surface area contributed by atoms with Gasteiger partial charge in [0.2, 0.25) is 0 Å². The molecule has 8 heteroatoms. The van der Waals surface area contributed by atoms with E-state index in [9.17, 15) is 18.4 Å². The Hall–Kier alpha value is -3.16. The van der Waals surface area contributed by atoms with E-state index in [2.05, 4.69) is 5.32 Å². The molecule has 0 aliphatic rings. The minimum atomic E-state index is -3.77. The fourth-order valence-electron chi connectivity index (χ4n) is 2.31. The normalized spacial score (nSPS) is 10.9. The number of carbonyl (C=O) groups excluding carboxylic acids is 1. The number of rotatable bonds is 9. The molecule has 0 fully saturated rings. The Morgan fingerprint density at radius 2 is 1.85 bits per heavy atom. The van der Waals surface area contributed by atoms with E-state index >= 15 is 0 Å². The first kappa shape index (κ1) is 20.2. The topological polar surface area (TPSA) is 84.9 Å². The van der Waals surface area contributed by atoms with E-state index in [1.54, 1.807) is 25.1 Å². The van der Waals surface area contributed by atoms with Crippen molar-refractivity contribution in [2.24, 2.45) is 0 Å². The van der Waals surface area contributed by atoms with Crippen molar-refractivity contribution in [3.05, 3.63) is 59.7 Å². The summed E-state index contributed by atoms with van der Waals surface area (Å²) in [5, 5.41) is 10.8. The van der Waals surface area contributed by atoms with Gasteiger partial charge in [-0.05, 0) is 36.8 Å². The molecule has 0 radical (unpaired) electrons. The van der Waals surface area contributed by atoms with E-state index in [1.165, 1.54) is 24.3 Å². The Kier molecular flexibility index (Phi) is 6.70. The zero-order chi connectivity index (χ0) is 19.9. The van der Waals surface area contributed by atoms with Crippen LogP contribution in [0.4, 0.5) is 8.78 Å². The fraction of sp³-hybridized carbons (Fsp3) is 0.263. The number of carboxylic acid groups (broad SMARTS) is 1. The molecule has 144 valence electrons. The number of halogens is 2. The predicted molar refractivity (Wildman–Crippen MR) is 92.9 cm³/mol. The Morgan fingerprint density at radius 1 is 1.11 bits per heavy atom. The summed E-state index contributed by atoms with van der Waals surface area (Å²) in [6, 6.07) is 11.6. The Labute approximate surface area is 154 Å². The summed E-state index contributed by atoms with van der Waals surface area (Å²) in [4.78, 5) is 22.6. The first-order chi connectivity index (χ1) is 12.8. The Morgan fingerprint density at radius 3 is 2.56 bits per heavy atom. The summed E-state index contributed by atoms with van der Waals surface area (Å²) in [5.41, 5.74) is -0.0250. The van der Waals surface area contributed by atoms with Gasteiger partial charge in [0.05, 0.1) is 12.2 Å². The van der Waals surface area contributed by atoms with Crippen molar-refractivity contribution in [1.82, 2.24) is 5.32 Å². The number of nitrogens with one attached hydrogen (secondary N) is 1. The number of hydrogen-bond acceptors (Lipinski definition) is 4. The lowest BCUT2D eigenvalue weighted by Gasteiger charge is -2.19. The number of para-hydroxylation sites is 1. The molecule has 27 heavy (non-hydrogen) atoms. The second-order valence-electron chi connectivity index (χ2n) is 5.52. The smallest absolute Gasteiger partial charge is 0.353 e. The molecule has 2 aromatic carbocycles. The minimum absolute atomic E-state index is 0.0516. The highest BCUT2D eigenvalue weighted by molar-refractivity contribution is 5.85. The van der Waals surface area contributed by atoms with Crippen LogP contribution in [0.25, 0.3) is 0 Å². The van der Waals surface area contributed by atoms with Crippen LogP contribution in [0.3, 0.4) is 0 Å². The summed E-state index contributed by atoms with van der Waals surface area (Å²) >= 11 is 0. The number of aliphatic carboxylic acids is 1. The highest BCUT2D eigenvalue weighted by Gasteiger charge is 2.43. The Bertz CT molecular complexity index is 810. The van der Waals surface area contributed by atoms with Crippen molar-refractivity contribution in [2.75, 3.05) is 13.2 Å². The third-order valence-electron chi connectivity index (χ3n) is 3.52. The lowest BCUT2D eigenvalue weighted by atomic mass is 10.1. The van der Waals surface area contributed by atoms with Crippen LogP contribution in [0.1, 0.15) is 18.1 Å². The number of amides is 1. The largest absolute Gasteiger partial charge is 0.493 e. The first-order valence-corrected chi connectivity index (χ1v) is 8.16. The van der Waals surface area contributed by atoms with Crippen LogP contribution in [-0.4, -0.2) is 30.2 Å². The average Bonchev–Trinajstić information content (AvgIpc) is 2.65. The number of benzene rings is 2. The molecule has 2 N–H and O–H groups in total. The maximum Gasteiger partial charge on any atom is 0.353 e. The molecule has 0 unspecified atom stereocenters. The van der Waals surface area contributed by atoms with Crippen molar-refractivity contribution in [3.63, 3.8) is 0 Å². The number of hydrogen-bond donors (Lipinski definition) is 2. The van der Waals surface area contributed by atoms with Gasteiger partial charge in [-0.15, -0.1) is 0 Å². The predicted octanol–water partition coefficient (Wildman–Crippen LogP) is 2.96. The summed E-state index contributed by atoms with van der Waals surface area (Å²) in [5.74, 6) is -6.17. The van der Waals surface area contributed by atoms with Gasteiger partial charge < -0.3 is 19.9 Å². The van der Waals surface area contributed by atoms with Gasteiger partial charge in [0.1, 0.15) is 11.5 Å². The zero-order valence-corrected chi connectivity index (χ0v) is 14.6. The monoisotopic (exact) mass is 379 g/mol. The van der Waals surface area contributed by atoms with Gasteiger partial charge in [-0.3, -0.25) is 4.79 Å². The summed E-state index contributed by atoms with van der Waals surface area (Å²) in [6.07, 6.45) is 0. The van der Waals surface area contributed by atoms with Crippen LogP contribution in [-0.2, 0) is 22.1 Å². The van der Waals surface area contributed by atoms with Gasteiger partial charge in [0.25, 0.3) is 5.91 Å². The number of ether oxygens (including phenoxy) is 2. The molecule has 0 atom stereocenters. The molecule has 0 aliphatic heterocycles. The first-order valence-electron chi connectivity index (χ1n) is 8.16. The van der Waals surface area contributed by atoms with Gasteiger partial charge >= 0.3 is 11.9 Å². The van der Waals surface area contributed by atoms with Crippen molar-refractivity contribution in [1.29, 1.82) is 0 Å². The molecule has 1 amide bonds. The second kappa shape index (κ2) is 8.98. The van der Waals surface area contributed by atoms with Crippen molar-refractivity contribution >= 4 is 11.9 Å². The van der Waals surface area contributed by atoms with Crippen molar-refractivity contribution in [3.8, 4) is 11.5 Å². The molecule has 0 heterocycles. The summed E-state index contributed by atoms with van der Waals surface area (Å²) in [7, 11) is 0. The molecule has 0 aromatic heterocycles. The van der Waals surface area contributed by atoms with Gasteiger partial charge in [0, 0.05) is 6.54 Å². The lowest BCUT2D eigenvalue weighted by Crippen LogP contribution is -2.38. The van der Waals surface area contributed by atoms with Crippen LogP contribution >= 0.6 is 0 Å². The number of alkyl halides is 2. The zero-order valence-electron chi connectivity index (χ0n) is 14.6. The third kappa shape index (κ3) is 5.40. The highest BCUT2D eigenvalue weighted by atomic mass is 19.3. The van der Waals surface area contributed by atoms with E-state index in [-0.39, 0.29) is 24.7 Å². The second-order valence-corrected chi connectivity index (χ2v) is 5.52. The molecular weight excluding hydrogens is 360 g/mol. The van der Waals surface area contributed by atoms with E-state index < -0.39 is 30.0 Å². The quantitative estimate of drug-likeness (QED) is 0.700. The average molecular weight is 379 g/mol. The number of carboxylic acids is 1. The molecule has 0 spiro atoms. The van der Waals surface area contributed by atoms with Crippen LogP contribution in [0.5, 0.6) is 11.5 Å². The van der Waals surface area contributed by atoms with E-state index in [1.807, 2.05) is 0 Å². The molecule has 0 aliphatic carbocycles. The summed E-state index contributed by atoms with van der Waals surface area (Å²) < 4.78 is 39.3. The maximum atomic E-state index is 14.5. The lowest BCUT2D eigenvalue weighted by molar-refractivity contribution is -0.147. The van der Waals surface area contributed by atoms with Crippen LogP contribution in [0, 0.1) is 0 Å². The molecular formula is C19H19F2NO5. The molecule has 2 aromatic rings. The van der Waals surface area contributed by atoms with Crippen molar-refractivity contribution < 1.29 is 33.0 Å². The van der Waals surface area contributed by atoms with E-state index in [4.69, 9.17) is 14.6 Å². The van der Waals surface area contributed by atoms with E-state index in [0.717, 1.165) is 6.07 Å². The fourth-order valence-corrected chi connectivity index (χ4v) is 2.31. The maximum absolute atomic E-state index is 14.5. The van der Waals surface area contributed by atoms with Gasteiger partial charge in [-0.2, -0.15) is 8.78 Å². The molecule has 0 saturated heterocycles. The van der Waals surface area contributed by atoms with Crippen LogP contribution in [0.2, 0.25) is 0 Å². The van der Waals surface area contributed by atoms with Crippen LogP contribution in [0.15, 0.2) is 48.5 Å². The highest BCUT2D eigenvalue weighted by Crippen LogP contribution is 2.35. The minimum Gasteiger partial charge on any atom is -0.493 e. The van der Waals surface area contributed by atoms with Crippen molar-refractivity contribution in [2.45, 2.75) is 19.4 Å².